The highest BCUT2D eigenvalue weighted by atomic mass is 16.8. The number of hydrogen-bond donors (Lipinski definition) is 4. The Morgan fingerprint density at radius 1 is 1.20 bits per heavy atom. The molecule has 7 heteroatoms. The van der Waals surface area contributed by atoms with Gasteiger partial charge in [-0.25, -0.2) is 0 Å². The van der Waals surface area contributed by atoms with E-state index in [9.17, 15) is 15.1 Å². The van der Waals surface area contributed by atoms with Gasteiger partial charge in [-0.05, 0) is 29.3 Å². The zero-order valence-corrected chi connectivity index (χ0v) is 13.1. The highest BCUT2D eigenvalue weighted by molar-refractivity contribution is 5.87. The molecule has 128 valence electrons. The van der Waals surface area contributed by atoms with Crippen LogP contribution in [0.25, 0.3) is 10.9 Å². The molecule has 7 nitrogen and oxygen atoms in total. The lowest BCUT2D eigenvalue weighted by molar-refractivity contribution is -0.139. The molecule has 0 fully saturated rings. The quantitative estimate of drug-likeness (QED) is 0.546. The number of hydrogen-bond acceptors (Lipinski definition) is 5. The number of carboxylic acid groups (broad SMARTS) is 1. The zero-order valence-electron chi connectivity index (χ0n) is 13.1. The molecule has 0 amide bonds. The van der Waals surface area contributed by atoms with Crippen LogP contribution in [0.1, 0.15) is 22.9 Å². The van der Waals surface area contributed by atoms with Gasteiger partial charge in [-0.3, -0.25) is 15.3 Å². The maximum Gasteiger partial charge on any atom is 0.321 e. The summed E-state index contributed by atoms with van der Waals surface area (Å²) in [4.78, 5) is 15.0. The molecule has 2 atom stereocenters. The largest absolute Gasteiger partial charge is 0.733 e. The molecule has 0 spiro atoms. The van der Waals surface area contributed by atoms with Gasteiger partial charge in [0.2, 0.25) is 0 Å². The van der Waals surface area contributed by atoms with Gasteiger partial charge >= 0.3 is 5.97 Å². The minimum Gasteiger partial charge on any atom is -0.733 e. The molecule has 2 heterocycles. The normalized spacial score (nSPS) is 19.6. The summed E-state index contributed by atoms with van der Waals surface area (Å²) >= 11 is 0. The van der Waals surface area contributed by atoms with Gasteiger partial charge in [0.15, 0.2) is 0 Å². The molecule has 0 saturated heterocycles. The third-order valence-corrected chi connectivity index (χ3v) is 4.63. The molecule has 25 heavy (non-hydrogen) atoms. The number of aliphatic carboxylic acids is 1. The molecule has 2 aromatic carbocycles. The number of fused-ring (bicyclic) bond motifs is 3. The fourth-order valence-corrected chi connectivity index (χ4v) is 3.48. The minimum atomic E-state index is -0.926. The van der Waals surface area contributed by atoms with E-state index in [0.29, 0.717) is 12.0 Å². The number of aromatic amines is 1. The van der Waals surface area contributed by atoms with Gasteiger partial charge in [0.05, 0.1) is 11.7 Å². The molecule has 2 unspecified atom stereocenters. The van der Waals surface area contributed by atoms with Gasteiger partial charge in [0.25, 0.3) is 0 Å². The van der Waals surface area contributed by atoms with E-state index in [0.717, 1.165) is 22.2 Å². The average molecular weight is 338 g/mol. The second kappa shape index (κ2) is 5.89. The van der Waals surface area contributed by atoms with Gasteiger partial charge in [-0.1, -0.05) is 30.3 Å². The number of anilines is 1. The molecule has 0 bridgehead atoms. The minimum absolute atomic E-state index is 0.0920. The fraction of sp³-hybridized carbons (Fsp3) is 0.167. The van der Waals surface area contributed by atoms with Crippen LogP contribution in [-0.4, -0.2) is 27.3 Å². The summed E-state index contributed by atoms with van der Waals surface area (Å²) in [6.07, 6.45) is 0.374. The Bertz CT molecular complexity index is 950. The second-order valence-electron chi connectivity index (χ2n) is 6.13. The lowest BCUT2D eigenvalue weighted by Gasteiger charge is -2.30. The van der Waals surface area contributed by atoms with Crippen molar-refractivity contribution < 1.29 is 15.1 Å². The van der Waals surface area contributed by atoms with Crippen LogP contribution in [0.4, 0.5) is 5.69 Å². The van der Waals surface area contributed by atoms with E-state index >= 15 is 0 Å². The van der Waals surface area contributed by atoms with Crippen molar-refractivity contribution in [2.75, 3.05) is 5.23 Å². The Labute approximate surface area is 143 Å². The van der Waals surface area contributed by atoms with Crippen molar-refractivity contribution in [2.45, 2.75) is 18.5 Å². The Kier molecular flexibility index (Phi) is 3.69. The molecule has 0 aliphatic carbocycles. The Morgan fingerprint density at radius 3 is 2.76 bits per heavy atom. The molecular formula is C18H16N3O4-. The Hall–Kier alpha value is -2.87. The van der Waals surface area contributed by atoms with Gasteiger partial charge in [0.1, 0.15) is 6.04 Å². The predicted octanol–water partition coefficient (Wildman–Crippen LogP) is 2.55. The molecule has 0 radical (unpaired) electrons. The molecule has 0 saturated carbocycles. The molecule has 1 aliphatic heterocycles. The van der Waals surface area contributed by atoms with E-state index < -0.39 is 18.1 Å². The molecule has 1 aliphatic rings. The van der Waals surface area contributed by atoms with Crippen molar-refractivity contribution in [3.8, 4) is 0 Å². The molecule has 3 aromatic rings. The van der Waals surface area contributed by atoms with E-state index in [1.54, 1.807) is 18.2 Å². The number of carboxylic acids is 1. The standard InChI is InChI=1S/C18H16N3O4/c22-18(23)15-9-13-12-6-1-2-7-14(12)19-17(13)16(20-15)10-4-3-5-11(8-10)21(24)25/h1-8,15-16,19-20,24H,9H2,(H,22,23)/q-1. The SMILES string of the molecule is O=C(O)C1Cc2c([nH]c3ccccc23)C(c2cccc(N([O-])O)c2)N1. The fourth-order valence-electron chi connectivity index (χ4n) is 3.48. The van der Waals surface area contributed by atoms with Gasteiger partial charge < -0.3 is 20.5 Å². The lowest BCUT2D eigenvalue weighted by Crippen LogP contribution is -2.45. The first-order chi connectivity index (χ1) is 12.0. The Balaban J connectivity index is 1.88. The second-order valence-corrected chi connectivity index (χ2v) is 6.13. The van der Waals surface area contributed by atoms with Crippen LogP contribution in [0.5, 0.6) is 0 Å². The van der Waals surface area contributed by atoms with Crippen LogP contribution in [-0.2, 0) is 11.2 Å². The molecule has 4 N–H and O–H groups in total. The number of H-pyrrole nitrogens is 1. The number of carbonyl (C=O) groups is 1. The molecular weight excluding hydrogens is 322 g/mol. The molecule has 4 rings (SSSR count). The van der Waals surface area contributed by atoms with Crippen LogP contribution in [0.15, 0.2) is 48.5 Å². The van der Waals surface area contributed by atoms with Gasteiger partial charge in [0, 0.05) is 23.0 Å². The smallest absolute Gasteiger partial charge is 0.321 e. The number of benzene rings is 2. The van der Waals surface area contributed by atoms with Crippen LogP contribution in [0.2, 0.25) is 0 Å². The first kappa shape index (κ1) is 15.6. The third-order valence-electron chi connectivity index (χ3n) is 4.63. The van der Waals surface area contributed by atoms with Gasteiger partial charge in [-0.15, -0.1) is 0 Å². The van der Waals surface area contributed by atoms with Gasteiger partial charge in [-0.2, -0.15) is 0 Å². The van der Waals surface area contributed by atoms with E-state index in [2.05, 4.69) is 10.3 Å². The van der Waals surface area contributed by atoms with Crippen LogP contribution >= 0.6 is 0 Å². The summed E-state index contributed by atoms with van der Waals surface area (Å²) < 4.78 is 0. The molecule has 1 aromatic heterocycles. The predicted molar refractivity (Wildman–Crippen MR) is 92.5 cm³/mol. The topological polar surface area (TPSA) is 112 Å². The lowest BCUT2D eigenvalue weighted by atomic mass is 9.90. The Morgan fingerprint density at radius 2 is 2.00 bits per heavy atom. The highest BCUT2D eigenvalue weighted by Crippen LogP contribution is 2.36. The van der Waals surface area contributed by atoms with E-state index in [1.807, 2.05) is 24.3 Å². The van der Waals surface area contributed by atoms with Crippen molar-refractivity contribution in [1.82, 2.24) is 10.3 Å². The summed E-state index contributed by atoms with van der Waals surface area (Å²) in [5.74, 6) is -0.926. The monoisotopic (exact) mass is 338 g/mol. The first-order valence-corrected chi connectivity index (χ1v) is 7.89. The summed E-state index contributed by atoms with van der Waals surface area (Å²) in [6.45, 7) is 0. The number of nitrogens with zero attached hydrogens (tertiary/aromatic N) is 1. The zero-order chi connectivity index (χ0) is 17.6. The van der Waals surface area contributed by atoms with Crippen molar-refractivity contribution in [3.63, 3.8) is 0 Å². The number of para-hydroxylation sites is 1. The summed E-state index contributed by atoms with van der Waals surface area (Å²) in [5, 5.41) is 33.8. The van der Waals surface area contributed by atoms with Crippen LogP contribution in [0, 0.1) is 5.21 Å². The maximum atomic E-state index is 11.6. The maximum absolute atomic E-state index is 11.6. The summed E-state index contributed by atoms with van der Waals surface area (Å²) in [7, 11) is 0. The number of nitrogens with one attached hydrogen (secondary N) is 2. The van der Waals surface area contributed by atoms with Crippen molar-refractivity contribution in [1.29, 1.82) is 0 Å². The van der Waals surface area contributed by atoms with Crippen molar-refractivity contribution >= 4 is 22.6 Å². The summed E-state index contributed by atoms with van der Waals surface area (Å²) in [5.41, 5.74) is 3.57. The first-order valence-electron chi connectivity index (χ1n) is 7.89. The van der Waals surface area contributed by atoms with E-state index in [4.69, 9.17) is 5.21 Å². The van der Waals surface area contributed by atoms with E-state index in [-0.39, 0.29) is 10.9 Å². The van der Waals surface area contributed by atoms with E-state index in [1.165, 1.54) is 6.07 Å². The van der Waals surface area contributed by atoms with Crippen molar-refractivity contribution in [2.24, 2.45) is 0 Å². The van der Waals surface area contributed by atoms with Crippen LogP contribution in [0.3, 0.4) is 0 Å². The average Bonchev–Trinajstić information content (AvgIpc) is 2.99. The van der Waals surface area contributed by atoms with Crippen LogP contribution < -0.4 is 10.5 Å². The third kappa shape index (κ3) is 2.64. The summed E-state index contributed by atoms with van der Waals surface area (Å²) in [6, 6.07) is 13.1. The van der Waals surface area contributed by atoms with Crippen molar-refractivity contribution in [3.05, 3.63) is 70.6 Å². The number of rotatable bonds is 3. The number of aromatic nitrogens is 1. The highest BCUT2D eigenvalue weighted by Gasteiger charge is 2.33.